The Labute approximate surface area is 158 Å². The first-order valence-electron chi connectivity index (χ1n) is 9.49. The van der Waals surface area contributed by atoms with Crippen molar-refractivity contribution in [1.29, 1.82) is 0 Å². The van der Waals surface area contributed by atoms with E-state index >= 15 is 0 Å². The third-order valence-corrected chi connectivity index (χ3v) is 5.98. The molecule has 1 aliphatic carbocycles. The van der Waals surface area contributed by atoms with Crippen molar-refractivity contribution in [2.45, 2.75) is 38.6 Å². The van der Waals surface area contributed by atoms with Crippen molar-refractivity contribution in [3.63, 3.8) is 0 Å². The maximum atomic E-state index is 13.1. The molecule has 2 aromatic heterocycles. The minimum Gasteiger partial charge on any atom is -0.331 e. The molecule has 0 saturated heterocycles. The zero-order valence-corrected chi connectivity index (χ0v) is 15.9. The predicted molar refractivity (Wildman–Crippen MR) is 104 cm³/mol. The van der Waals surface area contributed by atoms with E-state index in [0.717, 1.165) is 47.5 Å². The van der Waals surface area contributed by atoms with Crippen LogP contribution >= 0.6 is 0 Å². The van der Waals surface area contributed by atoms with Gasteiger partial charge in [-0.05, 0) is 49.9 Å². The predicted octanol–water partition coefficient (Wildman–Crippen LogP) is 3.88. The zero-order valence-electron chi connectivity index (χ0n) is 15.9. The van der Waals surface area contributed by atoms with Gasteiger partial charge in [-0.15, -0.1) is 0 Å². The average molecular weight is 358 g/mol. The molecule has 0 unspecified atom stereocenters. The fourth-order valence-corrected chi connectivity index (χ4v) is 4.36. The van der Waals surface area contributed by atoms with E-state index in [0.29, 0.717) is 5.69 Å². The molecule has 1 aromatic carbocycles. The monoisotopic (exact) mass is 358 g/mol. The lowest BCUT2D eigenvalue weighted by Crippen LogP contribution is -2.36. The van der Waals surface area contributed by atoms with Crippen molar-refractivity contribution in [2.24, 2.45) is 0 Å². The molecule has 1 fully saturated rings. The van der Waals surface area contributed by atoms with Gasteiger partial charge in [-0.25, -0.2) is 4.68 Å². The number of benzene rings is 1. The van der Waals surface area contributed by atoms with Crippen LogP contribution in [0.5, 0.6) is 0 Å². The lowest BCUT2D eigenvalue weighted by molar-refractivity contribution is 0.0704. The number of rotatable bonds is 2. The Kier molecular flexibility index (Phi) is 3.32. The summed E-state index contributed by atoms with van der Waals surface area (Å²) in [4.78, 5) is 19.5. The van der Waals surface area contributed by atoms with Crippen LogP contribution in [0.3, 0.4) is 0 Å². The highest BCUT2D eigenvalue weighted by Gasteiger charge is 2.53. The van der Waals surface area contributed by atoms with Crippen molar-refractivity contribution in [3.05, 3.63) is 65.2 Å². The van der Waals surface area contributed by atoms with Gasteiger partial charge in [0.1, 0.15) is 5.69 Å². The second-order valence-corrected chi connectivity index (χ2v) is 7.56. The van der Waals surface area contributed by atoms with Crippen LogP contribution in [0, 0.1) is 6.92 Å². The van der Waals surface area contributed by atoms with Gasteiger partial charge in [-0.1, -0.05) is 25.1 Å². The molecule has 1 amide bonds. The Hall–Kier alpha value is -2.95. The Bertz CT molecular complexity index is 1080. The summed E-state index contributed by atoms with van der Waals surface area (Å²) < 4.78 is 1.84. The maximum absolute atomic E-state index is 13.1. The van der Waals surface area contributed by atoms with Crippen LogP contribution in [0.1, 0.15) is 47.2 Å². The summed E-state index contributed by atoms with van der Waals surface area (Å²) in [5, 5.41) is 4.66. The summed E-state index contributed by atoms with van der Waals surface area (Å²) in [6.45, 7) is 4.05. The summed E-state index contributed by atoms with van der Waals surface area (Å²) in [5.41, 5.74) is 6.83. The highest BCUT2D eigenvalue weighted by atomic mass is 16.2. The zero-order chi connectivity index (χ0) is 18.8. The van der Waals surface area contributed by atoms with Crippen LogP contribution in [-0.2, 0) is 12.0 Å². The van der Waals surface area contributed by atoms with E-state index in [9.17, 15) is 4.79 Å². The Balaban J connectivity index is 1.78. The van der Waals surface area contributed by atoms with Crippen molar-refractivity contribution < 1.29 is 4.79 Å². The molecule has 0 radical (unpaired) electrons. The molecule has 5 heteroatoms. The Morgan fingerprint density at radius 1 is 1.19 bits per heavy atom. The smallest absolute Gasteiger partial charge is 0.273 e. The Morgan fingerprint density at radius 2 is 2.00 bits per heavy atom. The van der Waals surface area contributed by atoms with Gasteiger partial charge >= 0.3 is 0 Å². The molecule has 5 rings (SSSR count). The van der Waals surface area contributed by atoms with Crippen molar-refractivity contribution in [3.8, 4) is 16.8 Å². The third kappa shape index (κ3) is 2.21. The van der Waals surface area contributed by atoms with Gasteiger partial charge in [0.25, 0.3) is 5.91 Å². The lowest BCUT2D eigenvalue weighted by atomic mass is 9.95. The molecule has 1 aliphatic heterocycles. The molecule has 27 heavy (non-hydrogen) atoms. The molecule has 1 spiro atoms. The second-order valence-electron chi connectivity index (χ2n) is 7.56. The summed E-state index contributed by atoms with van der Waals surface area (Å²) in [7, 11) is 1.92. The van der Waals surface area contributed by atoms with E-state index < -0.39 is 0 Å². The SMILES string of the molecule is CCc1ncccc1-c1ccc2c(c1)-n1nc(C)cc1C(=O)N(C)C21CC1. The van der Waals surface area contributed by atoms with Gasteiger partial charge in [-0.3, -0.25) is 9.78 Å². The van der Waals surface area contributed by atoms with E-state index in [1.165, 1.54) is 5.56 Å². The number of amides is 1. The number of hydrogen-bond acceptors (Lipinski definition) is 3. The first kappa shape index (κ1) is 16.2. The molecule has 136 valence electrons. The van der Waals surface area contributed by atoms with Crippen LogP contribution < -0.4 is 0 Å². The number of fused-ring (bicyclic) bond motifs is 4. The van der Waals surface area contributed by atoms with Crippen molar-refractivity contribution in [2.75, 3.05) is 7.05 Å². The fourth-order valence-electron chi connectivity index (χ4n) is 4.36. The van der Waals surface area contributed by atoms with Gasteiger partial charge in [0.15, 0.2) is 0 Å². The number of aryl methyl sites for hydroxylation is 2. The van der Waals surface area contributed by atoms with E-state index in [4.69, 9.17) is 0 Å². The standard InChI is InChI=1S/C22H22N4O/c1-4-18-16(6-5-11-23-18)15-7-8-17-19(13-15)26-20(12-14(2)24-26)21(27)25(3)22(17)9-10-22/h5-8,11-13H,4,9-10H2,1-3H3. The number of aromatic nitrogens is 3. The average Bonchev–Trinajstić information content (AvgIpc) is 3.42. The molecule has 0 N–H and O–H groups in total. The summed E-state index contributed by atoms with van der Waals surface area (Å²) >= 11 is 0. The van der Waals surface area contributed by atoms with Gasteiger partial charge in [0, 0.05) is 30.1 Å². The molecule has 1 saturated carbocycles. The van der Waals surface area contributed by atoms with Crippen LogP contribution in [-0.4, -0.2) is 32.6 Å². The normalized spacial score (nSPS) is 16.9. The topological polar surface area (TPSA) is 51.0 Å². The van der Waals surface area contributed by atoms with Gasteiger partial charge in [-0.2, -0.15) is 5.10 Å². The molecule has 3 aromatic rings. The summed E-state index contributed by atoms with van der Waals surface area (Å²) in [6, 6.07) is 12.5. The highest BCUT2D eigenvalue weighted by molar-refractivity contribution is 5.95. The van der Waals surface area contributed by atoms with Crippen LogP contribution in [0.15, 0.2) is 42.6 Å². The fraction of sp³-hybridized carbons (Fsp3) is 0.318. The van der Waals surface area contributed by atoms with Crippen molar-refractivity contribution in [1.82, 2.24) is 19.7 Å². The molecule has 0 bridgehead atoms. The number of carbonyl (C=O) groups excluding carboxylic acids is 1. The second kappa shape index (κ2) is 5.52. The lowest BCUT2D eigenvalue weighted by Gasteiger charge is -2.27. The quantitative estimate of drug-likeness (QED) is 0.698. The van der Waals surface area contributed by atoms with E-state index in [1.54, 1.807) is 0 Å². The molecule has 3 heterocycles. The molecule has 0 atom stereocenters. The maximum Gasteiger partial charge on any atom is 0.273 e. The van der Waals surface area contributed by atoms with Gasteiger partial charge in [0.05, 0.1) is 16.9 Å². The summed E-state index contributed by atoms with van der Waals surface area (Å²) in [5.74, 6) is 0.0430. The van der Waals surface area contributed by atoms with Gasteiger partial charge < -0.3 is 4.90 Å². The number of pyridine rings is 1. The van der Waals surface area contributed by atoms with E-state index in [2.05, 4.69) is 41.3 Å². The molecule has 2 aliphatic rings. The largest absolute Gasteiger partial charge is 0.331 e. The van der Waals surface area contributed by atoms with Crippen LogP contribution in [0.25, 0.3) is 16.8 Å². The minimum atomic E-state index is -0.192. The summed E-state index contributed by atoms with van der Waals surface area (Å²) in [6.07, 6.45) is 4.72. The van der Waals surface area contributed by atoms with Crippen LogP contribution in [0.4, 0.5) is 0 Å². The van der Waals surface area contributed by atoms with Crippen molar-refractivity contribution >= 4 is 5.91 Å². The Morgan fingerprint density at radius 3 is 2.74 bits per heavy atom. The molecular formula is C22H22N4O. The number of hydrogen-bond donors (Lipinski definition) is 0. The minimum absolute atomic E-state index is 0.0430. The number of nitrogens with zero attached hydrogens (tertiary/aromatic N) is 4. The van der Waals surface area contributed by atoms with Crippen LogP contribution in [0.2, 0.25) is 0 Å². The number of carbonyl (C=O) groups is 1. The first-order valence-corrected chi connectivity index (χ1v) is 9.49. The molecule has 5 nitrogen and oxygen atoms in total. The van der Waals surface area contributed by atoms with Gasteiger partial charge in [0.2, 0.25) is 0 Å². The third-order valence-electron chi connectivity index (χ3n) is 5.98. The van der Waals surface area contributed by atoms with E-state index in [-0.39, 0.29) is 11.4 Å². The highest BCUT2D eigenvalue weighted by Crippen LogP contribution is 2.54. The molecular weight excluding hydrogens is 336 g/mol. The first-order chi connectivity index (χ1) is 13.0. The van der Waals surface area contributed by atoms with E-state index in [1.807, 2.05) is 41.9 Å².